The molecule has 1 saturated heterocycles. The molecular formula is C16H20Cl2N2O5S2. The standard InChI is InChI=1S/C16H20Cl2N2O5S2/c1-26-6-4-13(16(22)23)19-15(21)14-3-2-5-20(14)27(24,25)12-8-10(17)7-11(18)9-12/h7-9,13-14H,2-6H2,1H3,(H,19,21)(H,22,23)/t13-,14-/m0/s1. The summed E-state index contributed by atoms with van der Waals surface area (Å²) in [6, 6.07) is 1.93. The average molecular weight is 455 g/mol. The van der Waals surface area contributed by atoms with Crippen LogP contribution in [0.15, 0.2) is 23.1 Å². The van der Waals surface area contributed by atoms with Crippen molar-refractivity contribution in [1.82, 2.24) is 9.62 Å². The fraction of sp³-hybridized carbons (Fsp3) is 0.500. The van der Waals surface area contributed by atoms with Crippen molar-refractivity contribution in [3.63, 3.8) is 0 Å². The zero-order chi connectivity index (χ0) is 20.2. The van der Waals surface area contributed by atoms with Gasteiger partial charge in [0.05, 0.1) is 4.90 Å². The van der Waals surface area contributed by atoms with Crippen molar-refractivity contribution in [1.29, 1.82) is 0 Å². The molecular weight excluding hydrogens is 435 g/mol. The van der Waals surface area contributed by atoms with Crippen molar-refractivity contribution in [2.75, 3.05) is 18.6 Å². The van der Waals surface area contributed by atoms with Crippen LogP contribution in [0.1, 0.15) is 19.3 Å². The van der Waals surface area contributed by atoms with Crippen molar-refractivity contribution >= 4 is 56.9 Å². The third kappa shape index (κ3) is 5.51. The Morgan fingerprint density at radius 3 is 2.52 bits per heavy atom. The molecule has 1 amide bonds. The largest absolute Gasteiger partial charge is 0.480 e. The lowest BCUT2D eigenvalue weighted by Crippen LogP contribution is -2.50. The van der Waals surface area contributed by atoms with Crippen molar-refractivity contribution in [3.05, 3.63) is 28.2 Å². The van der Waals surface area contributed by atoms with Gasteiger partial charge in [0, 0.05) is 16.6 Å². The van der Waals surface area contributed by atoms with Gasteiger partial charge in [0.15, 0.2) is 0 Å². The molecule has 1 fully saturated rings. The maximum absolute atomic E-state index is 13.0. The van der Waals surface area contributed by atoms with Gasteiger partial charge in [-0.2, -0.15) is 16.1 Å². The summed E-state index contributed by atoms with van der Waals surface area (Å²) in [5.74, 6) is -1.20. The number of halogens is 2. The molecule has 150 valence electrons. The second-order valence-electron chi connectivity index (χ2n) is 6.06. The van der Waals surface area contributed by atoms with E-state index >= 15 is 0 Å². The molecule has 1 heterocycles. The number of amides is 1. The van der Waals surface area contributed by atoms with Crippen molar-refractivity contribution < 1.29 is 23.1 Å². The monoisotopic (exact) mass is 454 g/mol. The number of rotatable bonds is 8. The summed E-state index contributed by atoms with van der Waals surface area (Å²) in [5, 5.41) is 12.1. The van der Waals surface area contributed by atoms with Crippen molar-refractivity contribution in [2.24, 2.45) is 0 Å². The Morgan fingerprint density at radius 1 is 1.33 bits per heavy atom. The summed E-state index contributed by atoms with van der Waals surface area (Å²) in [6.07, 6.45) is 2.90. The molecule has 1 aromatic carbocycles. The first-order valence-corrected chi connectivity index (χ1v) is 11.8. The zero-order valence-corrected chi connectivity index (χ0v) is 17.7. The average Bonchev–Trinajstić information content (AvgIpc) is 3.08. The molecule has 0 aromatic heterocycles. The number of thioether (sulfide) groups is 1. The fourth-order valence-corrected chi connectivity index (χ4v) is 5.72. The van der Waals surface area contributed by atoms with Crippen molar-refractivity contribution in [2.45, 2.75) is 36.2 Å². The Morgan fingerprint density at radius 2 is 1.96 bits per heavy atom. The summed E-state index contributed by atoms with van der Waals surface area (Å²) < 4.78 is 27.0. The Labute approximate surface area is 172 Å². The van der Waals surface area contributed by atoms with Gasteiger partial charge in [-0.15, -0.1) is 0 Å². The number of hydrogen-bond acceptors (Lipinski definition) is 5. The molecule has 2 atom stereocenters. The third-order valence-electron chi connectivity index (χ3n) is 4.17. The maximum atomic E-state index is 13.0. The molecule has 0 radical (unpaired) electrons. The van der Waals surface area contributed by atoms with Gasteiger partial charge in [-0.25, -0.2) is 13.2 Å². The molecule has 1 aliphatic rings. The molecule has 0 spiro atoms. The lowest BCUT2D eigenvalue weighted by Gasteiger charge is -2.25. The van der Waals surface area contributed by atoms with Crippen molar-refractivity contribution in [3.8, 4) is 0 Å². The van der Waals surface area contributed by atoms with Crippen LogP contribution in [-0.4, -0.2) is 60.3 Å². The molecule has 1 aliphatic heterocycles. The Balaban J connectivity index is 2.22. The molecule has 0 aliphatic carbocycles. The topological polar surface area (TPSA) is 104 Å². The predicted molar refractivity (Wildman–Crippen MR) is 106 cm³/mol. The lowest BCUT2D eigenvalue weighted by molar-refractivity contribution is -0.142. The summed E-state index contributed by atoms with van der Waals surface area (Å²) in [7, 11) is -4.00. The van der Waals surface area contributed by atoms with Crippen LogP contribution in [0, 0.1) is 0 Å². The molecule has 0 saturated carbocycles. The number of carbonyl (C=O) groups excluding carboxylic acids is 1. The number of nitrogens with one attached hydrogen (secondary N) is 1. The Bertz CT molecular complexity index is 799. The number of aliphatic carboxylic acids is 1. The highest BCUT2D eigenvalue weighted by atomic mass is 35.5. The van der Waals surface area contributed by atoms with Crippen LogP contribution in [0.25, 0.3) is 0 Å². The second kappa shape index (κ2) is 9.47. The van der Waals surface area contributed by atoms with Gasteiger partial charge in [-0.3, -0.25) is 4.79 Å². The molecule has 27 heavy (non-hydrogen) atoms. The number of hydrogen-bond donors (Lipinski definition) is 2. The van der Waals surface area contributed by atoms with E-state index < -0.39 is 34.0 Å². The normalized spacial score (nSPS) is 19.0. The molecule has 1 aromatic rings. The van der Waals surface area contributed by atoms with E-state index in [0.717, 1.165) is 4.31 Å². The van der Waals surface area contributed by atoms with Crippen LogP contribution in [-0.2, 0) is 19.6 Å². The summed E-state index contributed by atoms with van der Waals surface area (Å²) in [4.78, 5) is 23.9. The molecule has 2 N–H and O–H groups in total. The first kappa shape index (κ1) is 22.3. The van der Waals surface area contributed by atoms with E-state index in [9.17, 15) is 23.1 Å². The van der Waals surface area contributed by atoms with Gasteiger partial charge in [-0.05, 0) is 49.5 Å². The van der Waals surface area contributed by atoms with Gasteiger partial charge in [0.1, 0.15) is 12.1 Å². The minimum atomic E-state index is -4.00. The zero-order valence-electron chi connectivity index (χ0n) is 14.5. The molecule has 7 nitrogen and oxygen atoms in total. The van der Waals surface area contributed by atoms with Crippen LogP contribution in [0.5, 0.6) is 0 Å². The predicted octanol–water partition coefficient (Wildman–Crippen LogP) is 2.47. The van der Waals surface area contributed by atoms with Gasteiger partial charge in [0.2, 0.25) is 15.9 Å². The second-order valence-corrected chi connectivity index (χ2v) is 9.81. The quantitative estimate of drug-likeness (QED) is 0.624. The van der Waals surface area contributed by atoms with Gasteiger partial charge in [-0.1, -0.05) is 23.2 Å². The van der Waals surface area contributed by atoms with E-state index in [-0.39, 0.29) is 27.9 Å². The molecule has 0 unspecified atom stereocenters. The van der Waals surface area contributed by atoms with Gasteiger partial charge in [0.25, 0.3) is 0 Å². The lowest BCUT2D eigenvalue weighted by atomic mass is 10.1. The molecule has 0 bridgehead atoms. The number of sulfonamides is 1. The van der Waals surface area contributed by atoms with E-state index in [2.05, 4.69) is 5.32 Å². The minimum Gasteiger partial charge on any atom is -0.480 e. The highest BCUT2D eigenvalue weighted by Gasteiger charge is 2.40. The summed E-state index contributed by atoms with van der Waals surface area (Å²) in [6.45, 7) is 0.160. The number of benzene rings is 1. The number of carboxylic acid groups (broad SMARTS) is 1. The van der Waals surface area contributed by atoms with Crippen LogP contribution < -0.4 is 5.32 Å². The fourth-order valence-electron chi connectivity index (χ4n) is 2.86. The highest BCUT2D eigenvalue weighted by molar-refractivity contribution is 7.98. The van der Waals surface area contributed by atoms with Crippen LogP contribution in [0.3, 0.4) is 0 Å². The number of carboxylic acids is 1. The Kier molecular flexibility index (Phi) is 7.82. The van der Waals surface area contributed by atoms with Gasteiger partial charge < -0.3 is 10.4 Å². The van der Waals surface area contributed by atoms with Crippen LogP contribution >= 0.6 is 35.0 Å². The molecule has 2 rings (SSSR count). The van der Waals surface area contributed by atoms with E-state index in [0.29, 0.717) is 18.6 Å². The Hall–Kier alpha value is -1.00. The highest BCUT2D eigenvalue weighted by Crippen LogP contribution is 2.29. The number of carbonyl (C=O) groups is 2. The first-order chi connectivity index (χ1) is 12.7. The first-order valence-electron chi connectivity index (χ1n) is 8.17. The number of nitrogens with zero attached hydrogens (tertiary/aromatic N) is 1. The summed E-state index contributed by atoms with van der Waals surface area (Å²) >= 11 is 13.3. The minimum absolute atomic E-state index is 0.100. The summed E-state index contributed by atoms with van der Waals surface area (Å²) in [5.41, 5.74) is 0. The van der Waals surface area contributed by atoms with Gasteiger partial charge >= 0.3 is 5.97 Å². The van der Waals surface area contributed by atoms with E-state index in [1.807, 2.05) is 6.26 Å². The van der Waals surface area contributed by atoms with E-state index in [1.165, 1.54) is 30.0 Å². The smallest absolute Gasteiger partial charge is 0.326 e. The third-order valence-corrected chi connectivity index (χ3v) is 7.14. The van der Waals surface area contributed by atoms with Crippen LogP contribution in [0.4, 0.5) is 0 Å². The van der Waals surface area contributed by atoms with E-state index in [4.69, 9.17) is 23.2 Å². The van der Waals surface area contributed by atoms with E-state index in [1.54, 1.807) is 0 Å². The molecule has 11 heteroatoms. The maximum Gasteiger partial charge on any atom is 0.326 e. The SMILES string of the molecule is CSCC[C@H](NC(=O)[C@@H]1CCCN1S(=O)(=O)c1cc(Cl)cc(Cl)c1)C(=O)O. The van der Waals surface area contributed by atoms with Crippen LogP contribution in [0.2, 0.25) is 10.0 Å².